The van der Waals surface area contributed by atoms with Crippen molar-refractivity contribution in [3.63, 3.8) is 0 Å². The van der Waals surface area contributed by atoms with Crippen LogP contribution in [0.2, 0.25) is 12.1 Å². The molecule has 0 spiro atoms. The van der Waals surface area contributed by atoms with E-state index in [0.717, 1.165) is 5.75 Å². The lowest BCUT2D eigenvalue weighted by Gasteiger charge is -2.16. The highest BCUT2D eigenvalue weighted by molar-refractivity contribution is 6.52. The maximum absolute atomic E-state index is 6.21. The van der Waals surface area contributed by atoms with E-state index in [0.29, 0.717) is 0 Å². The number of hydrogen-bond acceptors (Lipinski definition) is 1. The van der Waals surface area contributed by atoms with Gasteiger partial charge in [-0.2, -0.15) is 0 Å². The maximum atomic E-state index is 6.21. The Bertz CT molecular complexity index is 555. The van der Waals surface area contributed by atoms with Crippen molar-refractivity contribution in [1.82, 2.24) is 0 Å². The fourth-order valence-corrected chi connectivity index (χ4v) is 5.42. The van der Waals surface area contributed by atoms with E-state index in [-0.39, 0.29) is 0 Å². The molecule has 26 heavy (non-hydrogen) atoms. The van der Waals surface area contributed by atoms with E-state index in [1.165, 1.54) is 75.4 Å². The van der Waals surface area contributed by atoms with Crippen LogP contribution in [-0.2, 0) is 6.42 Å². The average molecular weight is 369 g/mol. The number of rotatable bonds is 14. The largest absolute Gasteiger partial charge is 0.546 e. The molecule has 1 atom stereocenters. The minimum absolute atomic E-state index is 1.04. The van der Waals surface area contributed by atoms with E-state index in [9.17, 15) is 0 Å². The van der Waals surface area contributed by atoms with E-state index < -0.39 is 9.04 Å². The van der Waals surface area contributed by atoms with Crippen molar-refractivity contribution in [2.45, 2.75) is 76.8 Å². The summed E-state index contributed by atoms with van der Waals surface area (Å²) in [5.41, 5.74) is 1.49. The van der Waals surface area contributed by atoms with Crippen LogP contribution in [0.15, 0.2) is 60.7 Å². The molecule has 0 saturated heterocycles. The minimum Gasteiger partial charge on any atom is -0.546 e. The van der Waals surface area contributed by atoms with Crippen LogP contribution >= 0.6 is 0 Å². The van der Waals surface area contributed by atoms with Gasteiger partial charge < -0.3 is 4.43 Å². The molecule has 2 heteroatoms. The lowest BCUT2D eigenvalue weighted by Crippen LogP contribution is -2.20. The van der Waals surface area contributed by atoms with Crippen molar-refractivity contribution in [2.24, 2.45) is 0 Å². The van der Waals surface area contributed by atoms with Crippen molar-refractivity contribution < 1.29 is 4.43 Å². The van der Waals surface area contributed by atoms with Crippen LogP contribution in [0.4, 0.5) is 0 Å². The number of benzene rings is 2. The van der Waals surface area contributed by atoms with Gasteiger partial charge >= 0.3 is 0 Å². The van der Waals surface area contributed by atoms with Crippen molar-refractivity contribution in [1.29, 1.82) is 0 Å². The molecule has 0 aromatic heterocycles. The molecule has 0 aliphatic carbocycles. The lowest BCUT2D eigenvalue weighted by atomic mass is 10.0. The van der Waals surface area contributed by atoms with Gasteiger partial charge in [-0.05, 0) is 42.6 Å². The molecular weight excluding hydrogens is 332 g/mol. The summed E-state index contributed by atoms with van der Waals surface area (Å²) in [4.78, 5) is 0. The number of aryl methyl sites for hydroxylation is 1. The number of unbranched alkanes of at least 4 members (excludes halogenated alkanes) is 7. The summed E-state index contributed by atoms with van der Waals surface area (Å²) in [5.74, 6) is 1.07. The first kappa shape index (κ1) is 20.8. The van der Waals surface area contributed by atoms with Crippen molar-refractivity contribution in [3.8, 4) is 5.75 Å². The normalized spacial score (nSPS) is 12.0. The second-order valence-corrected chi connectivity index (χ2v) is 10.2. The van der Waals surface area contributed by atoms with Crippen LogP contribution in [0.3, 0.4) is 0 Å². The molecular formula is C24H36OSi. The summed E-state index contributed by atoms with van der Waals surface area (Å²) in [7, 11) is -1.04. The highest BCUT2D eigenvalue weighted by Crippen LogP contribution is 2.17. The van der Waals surface area contributed by atoms with Crippen LogP contribution in [0.5, 0.6) is 5.75 Å². The fourth-order valence-electron chi connectivity index (χ4n) is 3.44. The Kier molecular flexibility index (Phi) is 10.9. The molecule has 0 N–H and O–H groups in total. The zero-order valence-corrected chi connectivity index (χ0v) is 17.7. The summed E-state index contributed by atoms with van der Waals surface area (Å²) in [5, 5.41) is 0. The molecule has 0 fully saturated rings. The van der Waals surface area contributed by atoms with Crippen molar-refractivity contribution >= 4 is 9.04 Å². The predicted molar refractivity (Wildman–Crippen MR) is 117 cm³/mol. The Morgan fingerprint density at radius 1 is 0.654 bits per heavy atom. The van der Waals surface area contributed by atoms with Gasteiger partial charge in [0.25, 0.3) is 0 Å². The van der Waals surface area contributed by atoms with Crippen LogP contribution in [0.1, 0.15) is 63.9 Å². The molecule has 1 unspecified atom stereocenters. The molecule has 1 nitrogen and oxygen atoms in total. The zero-order chi connectivity index (χ0) is 18.3. The average Bonchev–Trinajstić information content (AvgIpc) is 2.70. The van der Waals surface area contributed by atoms with E-state index in [1.807, 2.05) is 0 Å². The van der Waals surface area contributed by atoms with Gasteiger partial charge in [0.05, 0.1) is 0 Å². The molecule has 0 aliphatic rings. The maximum Gasteiger partial charge on any atom is 0.235 e. The Morgan fingerprint density at radius 2 is 1.19 bits per heavy atom. The van der Waals surface area contributed by atoms with Gasteiger partial charge in [0.15, 0.2) is 0 Å². The van der Waals surface area contributed by atoms with Gasteiger partial charge in [-0.15, -0.1) is 0 Å². The van der Waals surface area contributed by atoms with Gasteiger partial charge in [0.2, 0.25) is 9.04 Å². The molecule has 2 rings (SSSR count). The lowest BCUT2D eigenvalue weighted by molar-refractivity contribution is 0.546. The fraction of sp³-hybridized carbons (Fsp3) is 0.500. The molecule has 142 valence electrons. The molecule has 0 saturated carbocycles. The van der Waals surface area contributed by atoms with Gasteiger partial charge in [-0.3, -0.25) is 0 Å². The third-order valence-electron chi connectivity index (χ3n) is 5.09. The zero-order valence-electron chi connectivity index (χ0n) is 16.5. The molecule has 2 aromatic carbocycles. The van der Waals surface area contributed by atoms with E-state index in [2.05, 4.69) is 67.6 Å². The van der Waals surface area contributed by atoms with Crippen LogP contribution < -0.4 is 4.43 Å². The smallest absolute Gasteiger partial charge is 0.235 e. The third-order valence-corrected chi connectivity index (χ3v) is 7.65. The molecule has 2 aromatic rings. The van der Waals surface area contributed by atoms with Gasteiger partial charge in [0, 0.05) is 0 Å². The minimum atomic E-state index is -1.04. The summed E-state index contributed by atoms with van der Waals surface area (Å²) in [6.07, 6.45) is 12.3. The molecule has 0 radical (unpaired) electrons. The van der Waals surface area contributed by atoms with E-state index >= 15 is 0 Å². The second-order valence-electron chi connectivity index (χ2n) is 7.31. The summed E-state index contributed by atoms with van der Waals surface area (Å²) in [6.45, 7) is 2.29. The summed E-state index contributed by atoms with van der Waals surface area (Å²) in [6, 6.07) is 23.8. The molecule has 0 aliphatic heterocycles. The van der Waals surface area contributed by atoms with E-state index in [1.54, 1.807) is 0 Å². The topological polar surface area (TPSA) is 9.23 Å². The Labute approximate surface area is 162 Å². The molecule has 0 bridgehead atoms. The van der Waals surface area contributed by atoms with E-state index in [4.69, 9.17) is 4.43 Å². The van der Waals surface area contributed by atoms with Gasteiger partial charge in [-0.1, -0.05) is 100 Å². The predicted octanol–water partition coefficient (Wildman–Crippen LogP) is 7.17. The highest BCUT2D eigenvalue weighted by atomic mass is 28.3. The molecule has 0 amide bonds. The summed E-state index contributed by atoms with van der Waals surface area (Å²) < 4.78 is 6.21. The number of hydrogen-bond donors (Lipinski definition) is 0. The summed E-state index contributed by atoms with van der Waals surface area (Å²) >= 11 is 0. The van der Waals surface area contributed by atoms with Crippen molar-refractivity contribution in [2.75, 3.05) is 0 Å². The van der Waals surface area contributed by atoms with Gasteiger partial charge in [0.1, 0.15) is 5.75 Å². The number of para-hydroxylation sites is 1. The first-order chi connectivity index (χ1) is 12.9. The quantitative estimate of drug-likeness (QED) is 0.253. The van der Waals surface area contributed by atoms with Gasteiger partial charge in [-0.25, -0.2) is 0 Å². The van der Waals surface area contributed by atoms with Crippen LogP contribution in [-0.4, -0.2) is 9.04 Å². The standard InChI is InChI=1S/C24H36OSi/c1-2-26(25-24-20-14-10-15-21-24)22-16-8-6-4-3-5-7-11-17-23-18-12-9-13-19-23/h9-10,12-15,18-21,26H,2-8,11,16-17,22H2,1H3. The van der Waals surface area contributed by atoms with Crippen molar-refractivity contribution in [3.05, 3.63) is 66.2 Å². The second kappa shape index (κ2) is 13.6. The Morgan fingerprint density at radius 3 is 1.81 bits per heavy atom. The monoisotopic (exact) mass is 368 g/mol. The highest BCUT2D eigenvalue weighted by Gasteiger charge is 2.10. The SMILES string of the molecule is CC[SiH](CCCCCCCCCCc1ccccc1)Oc1ccccc1. The first-order valence-electron chi connectivity index (χ1n) is 10.6. The Hall–Kier alpha value is -1.54. The third kappa shape index (κ3) is 9.24. The molecule has 0 heterocycles. The Balaban J connectivity index is 1.41. The van der Waals surface area contributed by atoms with Crippen LogP contribution in [0.25, 0.3) is 0 Å². The van der Waals surface area contributed by atoms with Crippen LogP contribution in [0, 0.1) is 0 Å². The first-order valence-corrected chi connectivity index (χ1v) is 12.7.